The lowest BCUT2D eigenvalue weighted by molar-refractivity contribution is -0.120. The van der Waals surface area contributed by atoms with Crippen LogP contribution in [0.2, 0.25) is 0 Å². The molecule has 160 valence electrons. The van der Waals surface area contributed by atoms with Crippen molar-refractivity contribution < 1.29 is 23.8 Å². The third kappa shape index (κ3) is 3.33. The van der Waals surface area contributed by atoms with Crippen LogP contribution in [0.5, 0.6) is 17.2 Å². The Balaban J connectivity index is 1.59. The predicted octanol–water partition coefficient (Wildman–Crippen LogP) is 4.21. The summed E-state index contributed by atoms with van der Waals surface area (Å²) in [6, 6.07) is 21.4. The van der Waals surface area contributed by atoms with E-state index in [1.165, 1.54) is 0 Å². The number of para-hydroxylation sites is 2. The van der Waals surface area contributed by atoms with Gasteiger partial charge in [-0.2, -0.15) is 0 Å². The zero-order chi connectivity index (χ0) is 22.1. The van der Waals surface area contributed by atoms with Gasteiger partial charge in [0.1, 0.15) is 11.4 Å². The summed E-state index contributed by atoms with van der Waals surface area (Å²) in [5.41, 5.74) is 2.13. The van der Waals surface area contributed by atoms with Crippen LogP contribution in [0.4, 0.5) is 11.4 Å². The number of hydrogen-bond acceptors (Lipinski definition) is 6. The maximum Gasteiger partial charge on any atom is 0.282 e. The lowest BCUT2D eigenvalue weighted by atomic mass is 10.0. The Bertz CT molecular complexity index is 1240. The normalized spacial score (nSPS) is 14.8. The molecule has 0 saturated carbocycles. The van der Waals surface area contributed by atoms with Gasteiger partial charge >= 0.3 is 0 Å². The SMILES string of the molecule is CCOc1ccccc1N1C(=O)C(Nc2ccc3c(c2)OCO3)=C(c2ccccc2)C1=O. The van der Waals surface area contributed by atoms with Crippen molar-refractivity contribution in [1.82, 2.24) is 0 Å². The van der Waals surface area contributed by atoms with Crippen LogP contribution >= 0.6 is 0 Å². The zero-order valence-electron chi connectivity index (χ0n) is 17.3. The van der Waals surface area contributed by atoms with Gasteiger partial charge in [0.15, 0.2) is 11.5 Å². The monoisotopic (exact) mass is 428 g/mol. The van der Waals surface area contributed by atoms with Gasteiger partial charge in [-0.3, -0.25) is 9.59 Å². The Morgan fingerprint density at radius 3 is 2.47 bits per heavy atom. The quantitative estimate of drug-likeness (QED) is 0.593. The molecule has 0 bridgehead atoms. The van der Waals surface area contributed by atoms with Gasteiger partial charge in [-0.15, -0.1) is 0 Å². The highest BCUT2D eigenvalue weighted by atomic mass is 16.7. The van der Waals surface area contributed by atoms with Crippen molar-refractivity contribution in [1.29, 1.82) is 0 Å². The summed E-state index contributed by atoms with van der Waals surface area (Å²) in [5, 5.41) is 3.14. The van der Waals surface area contributed by atoms with Crippen molar-refractivity contribution in [3.05, 3.63) is 84.1 Å². The molecule has 2 amide bonds. The lowest BCUT2D eigenvalue weighted by Crippen LogP contribution is -2.32. The number of benzene rings is 3. The number of carbonyl (C=O) groups is 2. The van der Waals surface area contributed by atoms with Gasteiger partial charge < -0.3 is 19.5 Å². The van der Waals surface area contributed by atoms with Crippen LogP contribution in [0, 0.1) is 0 Å². The Morgan fingerprint density at radius 1 is 0.906 bits per heavy atom. The number of imide groups is 1. The van der Waals surface area contributed by atoms with E-state index >= 15 is 0 Å². The van der Waals surface area contributed by atoms with Crippen molar-refractivity contribution in [3.63, 3.8) is 0 Å². The first kappa shape index (κ1) is 19.7. The number of anilines is 2. The first-order valence-electron chi connectivity index (χ1n) is 10.2. The molecule has 0 saturated heterocycles. The number of rotatable bonds is 6. The third-order valence-corrected chi connectivity index (χ3v) is 5.19. The second kappa shape index (κ2) is 8.11. The lowest BCUT2D eigenvalue weighted by Gasteiger charge is -2.19. The van der Waals surface area contributed by atoms with Gasteiger partial charge in [0.2, 0.25) is 6.79 Å². The Kier molecular flexibility index (Phi) is 4.99. The van der Waals surface area contributed by atoms with Crippen LogP contribution < -0.4 is 24.4 Å². The highest BCUT2D eigenvalue weighted by Crippen LogP contribution is 2.39. The number of carbonyl (C=O) groups excluding carboxylic acids is 2. The molecule has 0 spiro atoms. The minimum absolute atomic E-state index is 0.149. The largest absolute Gasteiger partial charge is 0.492 e. The summed E-state index contributed by atoms with van der Waals surface area (Å²) in [7, 11) is 0. The molecule has 1 N–H and O–H groups in total. The van der Waals surface area contributed by atoms with E-state index in [2.05, 4.69) is 5.32 Å². The molecule has 0 radical (unpaired) electrons. The zero-order valence-corrected chi connectivity index (χ0v) is 17.3. The van der Waals surface area contributed by atoms with E-state index < -0.39 is 11.8 Å². The molecule has 0 fully saturated rings. The Hall–Kier alpha value is -4.26. The molecule has 32 heavy (non-hydrogen) atoms. The van der Waals surface area contributed by atoms with Gasteiger partial charge in [0, 0.05) is 11.8 Å². The van der Waals surface area contributed by atoms with Crippen LogP contribution in [0.1, 0.15) is 12.5 Å². The van der Waals surface area contributed by atoms with E-state index in [9.17, 15) is 9.59 Å². The number of ether oxygens (including phenoxy) is 3. The minimum Gasteiger partial charge on any atom is -0.492 e. The van der Waals surface area contributed by atoms with Crippen molar-refractivity contribution in [2.45, 2.75) is 6.92 Å². The standard InChI is InChI=1S/C25H20N2O5/c1-2-30-19-11-7-6-10-18(19)27-24(28)22(16-8-4-3-5-9-16)23(25(27)29)26-17-12-13-20-21(14-17)32-15-31-20/h3-14,26H,2,15H2,1H3. The number of amides is 2. The molecule has 3 aromatic rings. The summed E-state index contributed by atoms with van der Waals surface area (Å²) in [6.07, 6.45) is 0. The number of fused-ring (bicyclic) bond motifs is 1. The molecule has 2 heterocycles. The molecule has 7 nitrogen and oxygen atoms in total. The smallest absolute Gasteiger partial charge is 0.282 e. The molecular weight excluding hydrogens is 408 g/mol. The second-order valence-corrected chi connectivity index (χ2v) is 7.16. The molecule has 2 aliphatic rings. The van der Waals surface area contributed by atoms with Gasteiger partial charge in [-0.1, -0.05) is 42.5 Å². The summed E-state index contributed by atoms with van der Waals surface area (Å²) in [5.74, 6) is 0.796. The molecule has 0 aromatic heterocycles. The molecule has 7 heteroatoms. The van der Waals surface area contributed by atoms with E-state index in [-0.39, 0.29) is 12.5 Å². The highest BCUT2D eigenvalue weighted by Gasteiger charge is 2.41. The molecule has 0 unspecified atom stereocenters. The van der Waals surface area contributed by atoms with Crippen LogP contribution in [-0.4, -0.2) is 25.2 Å². The number of nitrogens with one attached hydrogen (secondary N) is 1. The van der Waals surface area contributed by atoms with Gasteiger partial charge in [0.05, 0.1) is 17.9 Å². The summed E-state index contributed by atoms with van der Waals surface area (Å²) in [6.45, 7) is 2.41. The van der Waals surface area contributed by atoms with Crippen molar-refractivity contribution in [3.8, 4) is 17.2 Å². The molecule has 5 rings (SSSR count). The summed E-state index contributed by atoms with van der Waals surface area (Å²) in [4.78, 5) is 28.3. The van der Waals surface area contributed by atoms with Gasteiger partial charge in [0.25, 0.3) is 11.8 Å². The van der Waals surface area contributed by atoms with Crippen molar-refractivity contribution in [2.75, 3.05) is 23.6 Å². The molecule has 2 aliphatic heterocycles. The molecule has 3 aromatic carbocycles. The summed E-state index contributed by atoms with van der Waals surface area (Å²) < 4.78 is 16.5. The fourth-order valence-electron chi connectivity index (χ4n) is 3.78. The highest BCUT2D eigenvalue weighted by molar-refractivity contribution is 6.46. The predicted molar refractivity (Wildman–Crippen MR) is 120 cm³/mol. The Labute approximate surface area is 184 Å². The first-order chi connectivity index (χ1) is 15.7. The average molecular weight is 428 g/mol. The fraction of sp³-hybridized carbons (Fsp3) is 0.120. The van der Waals surface area contributed by atoms with Crippen molar-refractivity contribution >= 4 is 28.8 Å². The minimum atomic E-state index is -0.460. The van der Waals surface area contributed by atoms with E-state index in [1.54, 1.807) is 54.6 Å². The number of nitrogens with zero attached hydrogens (tertiary/aromatic N) is 1. The fourth-order valence-corrected chi connectivity index (χ4v) is 3.78. The van der Waals surface area contributed by atoms with E-state index in [0.29, 0.717) is 46.4 Å². The van der Waals surface area contributed by atoms with Gasteiger partial charge in [-0.05, 0) is 36.8 Å². The average Bonchev–Trinajstić information content (AvgIpc) is 3.37. The molecular formula is C25H20N2O5. The Morgan fingerprint density at radius 2 is 1.66 bits per heavy atom. The van der Waals surface area contributed by atoms with Crippen LogP contribution in [0.25, 0.3) is 5.57 Å². The van der Waals surface area contributed by atoms with Crippen LogP contribution in [0.15, 0.2) is 78.5 Å². The molecule has 0 aliphatic carbocycles. The maximum atomic E-state index is 13.6. The topological polar surface area (TPSA) is 77.1 Å². The summed E-state index contributed by atoms with van der Waals surface area (Å²) >= 11 is 0. The van der Waals surface area contributed by atoms with Crippen LogP contribution in [0.3, 0.4) is 0 Å². The maximum absolute atomic E-state index is 13.6. The van der Waals surface area contributed by atoms with Crippen LogP contribution in [-0.2, 0) is 9.59 Å². The van der Waals surface area contributed by atoms with Gasteiger partial charge in [-0.25, -0.2) is 4.90 Å². The molecule has 0 atom stereocenters. The van der Waals surface area contributed by atoms with E-state index in [4.69, 9.17) is 14.2 Å². The number of hydrogen-bond donors (Lipinski definition) is 1. The second-order valence-electron chi connectivity index (χ2n) is 7.16. The van der Waals surface area contributed by atoms with E-state index in [1.807, 2.05) is 25.1 Å². The first-order valence-corrected chi connectivity index (χ1v) is 10.2. The third-order valence-electron chi connectivity index (χ3n) is 5.19. The van der Waals surface area contributed by atoms with Crippen molar-refractivity contribution in [2.24, 2.45) is 0 Å². The van der Waals surface area contributed by atoms with E-state index in [0.717, 1.165) is 4.90 Å².